The highest BCUT2D eigenvalue weighted by Gasteiger charge is 2.43. The summed E-state index contributed by atoms with van der Waals surface area (Å²) in [5.74, 6) is 0.129. The summed E-state index contributed by atoms with van der Waals surface area (Å²) >= 11 is 1.22. The minimum absolute atomic E-state index is 0.0356. The quantitative estimate of drug-likeness (QED) is 0.390. The Morgan fingerprint density at radius 3 is 2.56 bits per heavy atom. The number of thioether (sulfide) groups is 1. The molecule has 0 unspecified atom stereocenters. The van der Waals surface area contributed by atoms with Crippen molar-refractivity contribution < 1.29 is 23.0 Å². The zero-order valence-corrected chi connectivity index (χ0v) is 18.3. The predicted octanol–water partition coefficient (Wildman–Crippen LogP) is 4.44. The van der Waals surface area contributed by atoms with Crippen LogP contribution < -0.4 is 14.8 Å². The Labute approximate surface area is 196 Å². The smallest absolute Gasteiger partial charge is 0.395 e. The van der Waals surface area contributed by atoms with E-state index in [-0.39, 0.29) is 23.2 Å². The van der Waals surface area contributed by atoms with Crippen LogP contribution in [0.1, 0.15) is 5.56 Å². The minimum Gasteiger partial charge on any atom is -0.395 e. The molecule has 1 amide bonds. The lowest BCUT2D eigenvalue weighted by atomic mass is 10.2. The molecule has 34 heavy (non-hydrogen) atoms. The molecule has 1 aliphatic rings. The van der Waals surface area contributed by atoms with Crippen LogP contribution in [0, 0.1) is 0 Å². The van der Waals surface area contributed by atoms with Crippen LogP contribution in [0.4, 0.5) is 14.5 Å². The first-order chi connectivity index (χ1) is 16.5. The van der Waals surface area contributed by atoms with Gasteiger partial charge in [-0.2, -0.15) is 0 Å². The molecule has 172 valence electrons. The van der Waals surface area contributed by atoms with Crippen LogP contribution >= 0.6 is 11.8 Å². The van der Waals surface area contributed by atoms with E-state index in [1.54, 1.807) is 12.4 Å². The molecule has 1 aliphatic heterocycles. The second-order valence-corrected chi connectivity index (χ2v) is 8.22. The highest BCUT2D eigenvalue weighted by Crippen LogP contribution is 2.42. The molecule has 8 nitrogen and oxygen atoms in total. The van der Waals surface area contributed by atoms with Crippen molar-refractivity contribution in [1.29, 1.82) is 0 Å². The number of nitrogens with one attached hydrogen (secondary N) is 1. The topological polar surface area (TPSA) is 91.2 Å². The average molecular weight is 481 g/mol. The summed E-state index contributed by atoms with van der Waals surface area (Å²) in [4.78, 5) is 16.6. The fourth-order valence-corrected chi connectivity index (χ4v) is 4.11. The first-order valence-electron chi connectivity index (χ1n) is 10.2. The number of carbonyl (C=O) groups excluding carboxylic acids is 1. The van der Waals surface area contributed by atoms with E-state index in [4.69, 9.17) is 0 Å². The van der Waals surface area contributed by atoms with Gasteiger partial charge in [0, 0.05) is 29.7 Å². The molecular weight excluding hydrogens is 464 g/mol. The van der Waals surface area contributed by atoms with Gasteiger partial charge in [0.1, 0.15) is 0 Å². The molecule has 0 atom stereocenters. The molecule has 0 bridgehead atoms. The van der Waals surface area contributed by atoms with Crippen molar-refractivity contribution in [3.05, 3.63) is 78.6 Å². The van der Waals surface area contributed by atoms with E-state index in [0.717, 1.165) is 11.1 Å². The van der Waals surface area contributed by atoms with E-state index in [1.165, 1.54) is 30.0 Å². The molecule has 3 heterocycles. The lowest BCUT2D eigenvalue weighted by molar-refractivity contribution is -0.286. The molecule has 5 rings (SSSR count). The fourth-order valence-electron chi connectivity index (χ4n) is 3.37. The average Bonchev–Trinajstić information content (AvgIpc) is 3.37. The van der Waals surface area contributed by atoms with E-state index >= 15 is 0 Å². The molecule has 2 aromatic heterocycles. The van der Waals surface area contributed by atoms with Gasteiger partial charge in [-0.25, -0.2) is 0 Å². The van der Waals surface area contributed by atoms with Crippen LogP contribution in [0.15, 0.2) is 78.2 Å². The molecule has 4 aromatic rings. The first-order valence-corrected chi connectivity index (χ1v) is 11.2. The van der Waals surface area contributed by atoms with Gasteiger partial charge in [-0.3, -0.25) is 14.3 Å². The summed E-state index contributed by atoms with van der Waals surface area (Å²) in [7, 11) is 0. The zero-order valence-electron chi connectivity index (χ0n) is 17.5. The second-order valence-electron chi connectivity index (χ2n) is 7.28. The van der Waals surface area contributed by atoms with Crippen molar-refractivity contribution in [1.82, 2.24) is 19.7 Å². The standard InChI is InChI=1S/C23H17F2N5O3S/c24-23(25)32-18-7-6-17(12-19(18)33-23)27-20(31)14-34-22-29-28-21(16-8-10-26-11-9-16)30(22)13-15-4-2-1-3-5-15/h1-12H,13-14H2,(H,27,31). The molecule has 0 spiro atoms. The van der Waals surface area contributed by atoms with Crippen molar-refractivity contribution in [2.24, 2.45) is 0 Å². The van der Waals surface area contributed by atoms with E-state index in [0.29, 0.717) is 23.2 Å². The Morgan fingerprint density at radius 1 is 1.00 bits per heavy atom. The molecule has 11 heteroatoms. The van der Waals surface area contributed by atoms with Crippen molar-refractivity contribution >= 4 is 23.4 Å². The van der Waals surface area contributed by atoms with Crippen LogP contribution in [-0.2, 0) is 11.3 Å². The summed E-state index contributed by atoms with van der Waals surface area (Å²) < 4.78 is 37.1. The fraction of sp³-hybridized carbons (Fsp3) is 0.130. The molecule has 0 saturated heterocycles. The first kappa shape index (κ1) is 21.8. The van der Waals surface area contributed by atoms with Gasteiger partial charge in [-0.1, -0.05) is 42.1 Å². The van der Waals surface area contributed by atoms with Crippen molar-refractivity contribution in [2.75, 3.05) is 11.1 Å². The number of alkyl halides is 2. The number of nitrogens with zero attached hydrogens (tertiary/aromatic N) is 4. The number of amides is 1. The van der Waals surface area contributed by atoms with Gasteiger partial charge in [0.05, 0.1) is 12.3 Å². The third-order valence-corrected chi connectivity index (χ3v) is 5.82. The van der Waals surface area contributed by atoms with Crippen molar-refractivity contribution in [3.8, 4) is 22.9 Å². The largest absolute Gasteiger partial charge is 0.586 e. The maximum Gasteiger partial charge on any atom is 0.586 e. The minimum atomic E-state index is -3.71. The molecule has 2 aromatic carbocycles. The van der Waals surface area contributed by atoms with Gasteiger partial charge >= 0.3 is 6.29 Å². The number of anilines is 1. The van der Waals surface area contributed by atoms with Crippen LogP contribution in [0.3, 0.4) is 0 Å². The number of aromatic nitrogens is 4. The maximum atomic E-state index is 13.2. The summed E-state index contributed by atoms with van der Waals surface area (Å²) in [6, 6.07) is 17.6. The number of hydrogen-bond acceptors (Lipinski definition) is 7. The Morgan fingerprint density at radius 2 is 1.76 bits per heavy atom. The van der Waals surface area contributed by atoms with E-state index < -0.39 is 6.29 Å². The van der Waals surface area contributed by atoms with Gasteiger partial charge in [0.15, 0.2) is 22.5 Å². The number of benzene rings is 2. The molecule has 0 saturated carbocycles. The highest BCUT2D eigenvalue weighted by atomic mass is 32.2. The number of hydrogen-bond donors (Lipinski definition) is 1. The van der Waals surface area contributed by atoms with E-state index in [9.17, 15) is 13.6 Å². The van der Waals surface area contributed by atoms with Crippen LogP contribution in [-0.4, -0.2) is 37.7 Å². The SMILES string of the molecule is O=C(CSc1nnc(-c2ccncc2)n1Cc1ccccc1)Nc1ccc2c(c1)OC(F)(F)O2. The number of rotatable bonds is 7. The van der Waals surface area contributed by atoms with Gasteiger partial charge in [0.25, 0.3) is 0 Å². The Kier molecular flexibility index (Phi) is 5.84. The lowest BCUT2D eigenvalue weighted by Crippen LogP contribution is -2.25. The lowest BCUT2D eigenvalue weighted by Gasteiger charge is -2.11. The summed E-state index contributed by atoms with van der Waals surface area (Å²) in [5, 5.41) is 11.9. The molecule has 0 radical (unpaired) electrons. The monoisotopic (exact) mass is 481 g/mol. The van der Waals surface area contributed by atoms with Crippen LogP contribution in [0.25, 0.3) is 11.4 Å². The van der Waals surface area contributed by atoms with Crippen LogP contribution in [0.5, 0.6) is 11.5 Å². The third kappa shape index (κ3) is 4.84. The number of fused-ring (bicyclic) bond motifs is 1. The Balaban J connectivity index is 1.31. The highest BCUT2D eigenvalue weighted by molar-refractivity contribution is 7.99. The van der Waals surface area contributed by atoms with Crippen molar-refractivity contribution in [2.45, 2.75) is 18.0 Å². The van der Waals surface area contributed by atoms with Crippen LogP contribution in [0.2, 0.25) is 0 Å². The third-order valence-electron chi connectivity index (χ3n) is 4.86. The second kappa shape index (κ2) is 9.10. The maximum absolute atomic E-state index is 13.2. The molecular formula is C23H17F2N5O3S. The summed E-state index contributed by atoms with van der Waals surface area (Å²) in [5.41, 5.74) is 2.22. The zero-order chi connectivity index (χ0) is 23.5. The van der Waals surface area contributed by atoms with E-state index in [2.05, 4.69) is 30.0 Å². The normalized spacial score (nSPS) is 13.6. The number of ether oxygens (including phenoxy) is 2. The van der Waals surface area contributed by atoms with Gasteiger partial charge in [0.2, 0.25) is 5.91 Å². The molecule has 1 N–H and O–H groups in total. The van der Waals surface area contributed by atoms with Gasteiger partial charge in [-0.15, -0.1) is 19.0 Å². The predicted molar refractivity (Wildman–Crippen MR) is 121 cm³/mol. The van der Waals surface area contributed by atoms with Crippen molar-refractivity contribution in [3.63, 3.8) is 0 Å². The van der Waals surface area contributed by atoms with E-state index in [1.807, 2.05) is 47.0 Å². The number of pyridine rings is 1. The number of carbonyl (C=O) groups is 1. The molecule has 0 aliphatic carbocycles. The summed E-state index contributed by atoms with van der Waals surface area (Å²) in [6.45, 7) is 0.520. The van der Waals surface area contributed by atoms with Gasteiger partial charge in [-0.05, 0) is 29.8 Å². The summed E-state index contributed by atoms with van der Waals surface area (Å²) in [6.07, 6.45) is -0.354. The number of halogens is 2. The Bertz CT molecular complexity index is 1320. The Hall–Kier alpha value is -3.99. The molecule has 0 fully saturated rings. The van der Waals surface area contributed by atoms with Gasteiger partial charge < -0.3 is 14.8 Å².